The maximum atomic E-state index is 12.1. The van der Waals surface area contributed by atoms with Crippen LogP contribution in [0.2, 0.25) is 0 Å². The summed E-state index contributed by atoms with van der Waals surface area (Å²) in [6, 6.07) is 6.34. The predicted molar refractivity (Wildman–Crippen MR) is 85.9 cm³/mol. The van der Waals surface area contributed by atoms with E-state index in [1.165, 1.54) is 0 Å². The van der Waals surface area contributed by atoms with Crippen molar-refractivity contribution in [3.8, 4) is 0 Å². The van der Waals surface area contributed by atoms with Crippen molar-refractivity contribution in [1.82, 2.24) is 15.1 Å². The normalized spacial score (nSPS) is 18.7. The summed E-state index contributed by atoms with van der Waals surface area (Å²) < 4.78 is 5.41. The standard InChI is InChI=1S/C16H22N4O2/c1-16(2,3)22-15(21)20-7-6-13(10-20)18-12-4-5-14-11(8-12)9-17-19-14/h4-5,8-9,13,18H,6-7,10H2,1-3H3,(H,17,19). The van der Waals surface area contributed by atoms with E-state index in [2.05, 4.69) is 21.6 Å². The summed E-state index contributed by atoms with van der Waals surface area (Å²) in [5.41, 5.74) is 1.62. The van der Waals surface area contributed by atoms with Gasteiger partial charge in [0.1, 0.15) is 5.60 Å². The zero-order chi connectivity index (χ0) is 15.7. The Morgan fingerprint density at radius 1 is 1.45 bits per heavy atom. The molecular weight excluding hydrogens is 280 g/mol. The van der Waals surface area contributed by atoms with Gasteiger partial charge in [-0.2, -0.15) is 5.10 Å². The summed E-state index contributed by atoms with van der Waals surface area (Å²) in [7, 11) is 0. The highest BCUT2D eigenvalue weighted by atomic mass is 16.6. The van der Waals surface area contributed by atoms with E-state index >= 15 is 0 Å². The number of amides is 1. The molecule has 6 heteroatoms. The van der Waals surface area contributed by atoms with E-state index < -0.39 is 5.60 Å². The SMILES string of the molecule is CC(C)(C)OC(=O)N1CCC(Nc2ccc3[nH]ncc3c2)C1. The van der Waals surface area contributed by atoms with Gasteiger partial charge in [0.25, 0.3) is 0 Å². The van der Waals surface area contributed by atoms with Crippen LogP contribution in [-0.4, -0.2) is 45.9 Å². The van der Waals surface area contributed by atoms with Crippen molar-refractivity contribution in [2.45, 2.75) is 38.8 Å². The number of hydrogen-bond acceptors (Lipinski definition) is 4. The lowest BCUT2D eigenvalue weighted by Gasteiger charge is -2.24. The van der Waals surface area contributed by atoms with Gasteiger partial charge in [-0.3, -0.25) is 5.10 Å². The Morgan fingerprint density at radius 3 is 3.05 bits per heavy atom. The van der Waals surface area contributed by atoms with Gasteiger partial charge in [-0.05, 0) is 45.4 Å². The molecule has 2 N–H and O–H groups in total. The van der Waals surface area contributed by atoms with Gasteiger partial charge in [-0.25, -0.2) is 4.79 Å². The zero-order valence-corrected chi connectivity index (χ0v) is 13.2. The molecule has 118 valence electrons. The average molecular weight is 302 g/mol. The molecule has 0 bridgehead atoms. The lowest BCUT2D eigenvalue weighted by atomic mass is 10.2. The first-order chi connectivity index (χ1) is 10.4. The fourth-order valence-electron chi connectivity index (χ4n) is 2.64. The van der Waals surface area contributed by atoms with Crippen molar-refractivity contribution < 1.29 is 9.53 Å². The van der Waals surface area contributed by atoms with Crippen molar-refractivity contribution in [3.05, 3.63) is 24.4 Å². The average Bonchev–Trinajstić information content (AvgIpc) is 3.04. The molecule has 0 aliphatic carbocycles. The number of carbonyl (C=O) groups excluding carboxylic acids is 1. The third kappa shape index (κ3) is 3.32. The molecule has 2 heterocycles. The van der Waals surface area contributed by atoms with Gasteiger partial charge < -0.3 is 15.0 Å². The highest BCUT2D eigenvalue weighted by Gasteiger charge is 2.29. The van der Waals surface area contributed by atoms with Crippen LogP contribution in [0, 0.1) is 0 Å². The molecule has 22 heavy (non-hydrogen) atoms. The minimum Gasteiger partial charge on any atom is -0.444 e. The summed E-state index contributed by atoms with van der Waals surface area (Å²) in [6.45, 7) is 7.05. The fourth-order valence-corrected chi connectivity index (χ4v) is 2.64. The predicted octanol–water partition coefficient (Wildman–Crippen LogP) is 2.98. The second kappa shape index (κ2) is 5.51. The molecule has 1 amide bonds. The van der Waals surface area contributed by atoms with Gasteiger partial charge in [0, 0.05) is 30.2 Å². The van der Waals surface area contributed by atoms with Gasteiger partial charge >= 0.3 is 6.09 Å². The van der Waals surface area contributed by atoms with Crippen LogP contribution in [0.15, 0.2) is 24.4 Å². The van der Waals surface area contributed by atoms with E-state index in [9.17, 15) is 4.79 Å². The van der Waals surface area contributed by atoms with Crippen LogP contribution < -0.4 is 5.32 Å². The quantitative estimate of drug-likeness (QED) is 0.894. The van der Waals surface area contributed by atoms with Crippen molar-refractivity contribution in [2.75, 3.05) is 18.4 Å². The number of benzene rings is 1. The van der Waals surface area contributed by atoms with E-state index in [4.69, 9.17) is 4.74 Å². The molecule has 6 nitrogen and oxygen atoms in total. The maximum Gasteiger partial charge on any atom is 0.410 e. The fraction of sp³-hybridized carbons (Fsp3) is 0.500. The molecule has 1 fully saturated rings. The lowest BCUT2D eigenvalue weighted by molar-refractivity contribution is 0.0293. The number of anilines is 1. The third-order valence-corrected chi connectivity index (χ3v) is 3.65. The summed E-state index contributed by atoms with van der Waals surface area (Å²) in [5, 5.41) is 11.5. The Labute approximate surface area is 129 Å². The number of ether oxygens (including phenoxy) is 1. The third-order valence-electron chi connectivity index (χ3n) is 3.65. The number of aromatic amines is 1. The molecule has 1 aromatic carbocycles. The molecule has 2 aromatic rings. The number of H-pyrrole nitrogens is 1. The second-order valence-corrected chi connectivity index (χ2v) is 6.73. The highest BCUT2D eigenvalue weighted by molar-refractivity contribution is 5.81. The van der Waals surface area contributed by atoms with E-state index in [1.54, 1.807) is 4.90 Å². The number of hydrogen-bond donors (Lipinski definition) is 2. The summed E-state index contributed by atoms with van der Waals surface area (Å²) in [4.78, 5) is 13.8. The first-order valence-electron chi connectivity index (χ1n) is 7.58. The van der Waals surface area contributed by atoms with Crippen molar-refractivity contribution in [1.29, 1.82) is 0 Å². The van der Waals surface area contributed by atoms with Gasteiger partial charge in [0.15, 0.2) is 0 Å². The van der Waals surface area contributed by atoms with Crippen LogP contribution >= 0.6 is 0 Å². The Kier molecular flexibility index (Phi) is 3.68. The van der Waals surface area contributed by atoms with Gasteiger partial charge in [0.2, 0.25) is 0 Å². The Bertz CT molecular complexity index is 674. The van der Waals surface area contributed by atoms with Crippen LogP contribution in [0.5, 0.6) is 0 Å². The minimum atomic E-state index is -0.449. The number of nitrogens with one attached hydrogen (secondary N) is 2. The molecule has 1 aliphatic rings. The molecule has 0 saturated carbocycles. The molecule has 0 spiro atoms. The number of rotatable bonds is 2. The molecule has 1 saturated heterocycles. The summed E-state index contributed by atoms with van der Waals surface area (Å²) in [6.07, 6.45) is 2.49. The minimum absolute atomic E-state index is 0.234. The largest absolute Gasteiger partial charge is 0.444 e. The van der Waals surface area contributed by atoms with E-state index in [0.717, 1.165) is 29.6 Å². The number of aromatic nitrogens is 2. The topological polar surface area (TPSA) is 70.2 Å². The van der Waals surface area contributed by atoms with Crippen LogP contribution in [0.3, 0.4) is 0 Å². The molecule has 3 rings (SSSR count). The van der Waals surface area contributed by atoms with Crippen molar-refractivity contribution in [3.63, 3.8) is 0 Å². The number of carbonyl (C=O) groups is 1. The first kappa shape index (κ1) is 14.7. The molecule has 1 aromatic heterocycles. The van der Waals surface area contributed by atoms with Gasteiger partial charge in [-0.1, -0.05) is 0 Å². The van der Waals surface area contributed by atoms with E-state index in [-0.39, 0.29) is 12.1 Å². The van der Waals surface area contributed by atoms with Crippen molar-refractivity contribution >= 4 is 22.7 Å². The Balaban J connectivity index is 1.59. The number of nitrogens with zero attached hydrogens (tertiary/aromatic N) is 2. The first-order valence-corrected chi connectivity index (χ1v) is 7.58. The lowest BCUT2D eigenvalue weighted by Crippen LogP contribution is -2.36. The highest BCUT2D eigenvalue weighted by Crippen LogP contribution is 2.21. The Morgan fingerprint density at radius 2 is 2.27 bits per heavy atom. The molecular formula is C16H22N4O2. The monoisotopic (exact) mass is 302 g/mol. The van der Waals surface area contributed by atoms with Crippen LogP contribution in [0.1, 0.15) is 27.2 Å². The summed E-state index contributed by atoms with van der Waals surface area (Å²) in [5.74, 6) is 0. The van der Waals surface area contributed by atoms with Crippen molar-refractivity contribution in [2.24, 2.45) is 0 Å². The number of fused-ring (bicyclic) bond motifs is 1. The molecule has 0 radical (unpaired) electrons. The smallest absolute Gasteiger partial charge is 0.410 e. The molecule has 1 unspecified atom stereocenters. The number of likely N-dealkylation sites (tertiary alicyclic amines) is 1. The maximum absolute atomic E-state index is 12.1. The molecule has 1 aliphatic heterocycles. The van der Waals surface area contributed by atoms with Crippen LogP contribution in [-0.2, 0) is 4.74 Å². The second-order valence-electron chi connectivity index (χ2n) is 6.73. The van der Waals surface area contributed by atoms with Gasteiger partial charge in [0.05, 0.1) is 11.7 Å². The zero-order valence-electron chi connectivity index (χ0n) is 13.2. The van der Waals surface area contributed by atoms with E-state index in [1.807, 2.05) is 39.1 Å². The van der Waals surface area contributed by atoms with Gasteiger partial charge in [-0.15, -0.1) is 0 Å². The molecule has 1 atom stereocenters. The van der Waals surface area contributed by atoms with E-state index in [0.29, 0.717) is 6.54 Å². The Hall–Kier alpha value is -2.24. The van der Waals surface area contributed by atoms with Crippen LogP contribution in [0.25, 0.3) is 10.9 Å². The summed E-state index contributed by atoms with van der Waals surface area (Å²) >= 11 is 0. The van der Waals surface area contributed by atoms with Crippen LogP contribution in [0.4, 0.5) is 10.5 Å².